The molecule has 0 aromatic heterocycles. The van der Waals surface area contributed by atoms with Gasteiger partial charge in [-0.05, 0) is 6.42 Å². The average Bonchev–Trinajstić information content (AvgIpc) is 2.86. The third kappa shape index (κ3) is 0.914. The number of epoxide rings is 1. The molecule has 0 bridgehead atoms. The molecule has 3 rings (SSSR count). The predicted octanol–water partition coefficient (Wildman–Crippen LogP) is -0.986. The Morgan fingerprint density at radius 1 is 1.07 bits per heavy atom. The van der Waals surface area contributed by atoms with Gasteiger partial charge >= 0.3 is 0 Å². The normalized spacial score (nSPS) is 50.1. The van der Waals surface area contributed by atoms with Crippen molar-refractivity contribution in [2.24, 2.45) is 0 Å². The van der Waals surface area contributed by atoms with Crippen molar-refractivity contribution in [2.75, 3.05) is 19.8 Å². The molecule has 0 radical (unpaired) electrons. The van der Waals surface area contributed by atoms with Crippen molar-refractivity contribution >= 4 is 0 Å². The monoisotopic (exact) mass is 202 g/mol. The van der Waals surface area contributed by atoms with Gasteiger partial charge in [0.25, 0.3) is 0 Å². The maximum atomic E-state index is 9.86. The summed E-state index contributed by atoms with van der Waals surface area (Å²) in [5.41, 5.74) is -0.804. The van der Waals surface area contributed by atoms with E-state index in [1.165, 1.54) is 0 Å². The van der Waals surface area contributed by atoms with Crippen LogP contribution >= 0.6 is 0 Å². The first-order valence-corrected chi connectivity index (χ1v) is 4.98. The highest BCUT2D eigenvalue weighted by Gasteiger charge is 2.72. The van der Waals surface area contributed by atoms with Crippen molar-refractivity contribution in [2.45, 2.75) is 36.4 Å². The molecule has 0 unspecified atom stereocenters. The summed E-state index contributed by atoms with van der Waals surface area (Å²) in [6.07, 6.45) is -0.539. The second-order valence-corrected chi connectivity index (χ2v) is 4.18. The summed E-state index contributed by atoms with van der Waals surface area (Å²) >= 11 is 0. The molecular formula is C9H14O5. The molecule has 0 aromatic rings. The molecule has 5 heteroatoms. The Labute approximate surface area is 81.6 Å². The summed E-state index contributed by atoms with van der Waals surface area (Å²) in [5, 5.41) is 19.4. The van der Waals surface area contributed by atoms with Gasteiger partial charge in [0.1, 0.15) is 6.10 Å². The van der Waals surface area contributed by atoms with E-state index in [2.05, 4.69) is 0 Å². The molecule has 1 aliphatic carbocycles. The zero-order valence-electron chi connectivity index (χ0n) is 7.81. The van der Waals surface area contributed by atoms with Gasteiger partial charge < -0.3 is 24.4 Å². The molecule has 5 nitrogen and oxygen atoms in total. The maximum Gasteiger partial charge on any atom is 0.202 e. The van der Waals surface area contributed by atoms with Crippen LogP contribution in [-0.4, -0.2) is 53.6 Å². The van der Waals surface area contributed by atoms with Crippen molar-refractivity contribution in [3.63, 3.8) is 0 Å². The maximum absolute atomic E-state index is 9.86. The standard InChI is InChI=1S/C9H14O5/c10-6-1-2-9(12-3-4-13-9)8(5-14-8)7(6)11/h6-7,10-11H,1-5H2/t6-,7-,8-/m1/s1. The van der Waals surface area contributed by atoms with Crippen LogP contribution in [0.25, 0.3) is 0 Å². The van der Waals surface area contributed by atoms with Crippen LogP contribution < -0.4 is 0 Å². The minimum atomic E-state index is -0.894. The molecule has 1 saturated carbocycles. The summed E-state index contributed by atoms with van der Waals surface area (Å²) in [5.74, 6) is -0.800. The van der Waals surface area contributed by atoms with Crippen molar-refractivity contribution in [3.05, 3.63) is 0 Å². The highest BCUT2D eigenvalue weighted by Crippen LogP contribution is 2.52. The lowest BCUT2D eigenvalue weighted by Crippen LogP contribution is -2.61. The molecule has 80 valence electrons. The van der Waals surface area contributed by atoms with E-state index < -0.39 is 23.6 Å². The molecule has 2 heterocycles. The number of ether oxygens (including phenoxy) is 3. The Morgan fingerprint density at radius 2 is 1.71 bits per heavy atom. The van der Waals surface area contributed by atoms with Crippen LogP contribution in [0.5, 0.6) is 0 Å². The Morgan fingerprint density at radius 3 is 2.29 bits per heavy atom. The zero-order chi connectivity index (χ0) is 9.81. The minimum Gasteiger partial charge on any atom is -0.390 e. The van der Waals surface area contributed by atoms with E-state index in [1.807, 2.05) is 0 Å². The van der Waals surface area contributed by atoms with E-state index in [0.29, 0.717) is 32.7 Å². The van der Waals surface area contributed by atoms with Crippen molar-refractivity contribution in [1.82, 2.24) is 0 Å². The molecular weight excluding hydrogens is 188 g/mol. The van der Waals surface area contributed by atoms with Gasteiger partial charge in [0, 0.05) is 6.42 Å². The van der Waals surface area contributed by atoms with Gasteiger partial charge in [-0.15, -0.1) is 0 Å². The van der Waals surface area contributed by atoms with Gasteiger partial charge in [-0.2, -0.15) is 0 Å². The first-order valence-electron chi connectivity index (χ1n) is 4.98. The van der Waals surface area contributed by atoms with Crippen molar-refractivity contribution in [3.8, 4) is 0 Å². The first-order chi connectivity index (χ1) is 6.70. The van der Waals surface area contributed by atoms with Crippen LogP contribution in [0.15, 0.2) is 0 Å². The third-order valence-corrected chi connectivity index (χ3v) is 3.47. The van der Waals surface area contributed by atoms with Gasteiger partial charge in [0.05, 0.1) is 25.9 Å². The SMILES string of the molecule is O[C@@H]1CCC2(OCCO2)[C@@]2(CO2)[C@@H]1O. The van der Waals surface area contributed by atoms with E-state index in [9.17, 15) is 10.2 Å². The van der Waals surface area contributed by atoms with E-state index in [0.717, 1.165) is 0 Å². The molecule has 14 heavy (non-hydrogen) atoms. The molecule has 2 saturated heterocycles. The summed E-state index contributed by atoms with van der Waals surface area (Å²) in [6.45, 7) is 1.48. The van der Waals surface area contributed by atoms with E-state index in [-0.39, 0.29) is 0 Å². The second kappa shape index (κ2) is 2.68. The average molecular weight is 202 g/mol. The third-order valence-electron chi connectivity index (χ3n) is 3.47. The zero-order valence-corrected chi connectivity index (χ0v) is 7.81. The minimum absolute atomic E-state index is 0.408. The number of aliphatic hydroxyl groups is 2. The number of hydrogen-bond donors (Lipinski definition) is 2. The lowest BCUT2D eigenvalue weighted by atomic mass is 9.79. The van der Waals surface area contributed by atoms with Gasteiger partial charge in [0.15, 0.2) is 5.60 Å². The molecule has 2 aliphatic heterocycles. The quantitative estimate of drug-likeness (QED) is 0.494. The lowest BCUT2D eigenvalue weighted by molar-refractivity contribution is -0.260. The molecule has 0 aromatic carbocycles. The fourth-order valence-corrected chi connectivity index (χ4v) is 2.56. The van der Waals surface area contributed by atoms with E-state index in [4.69, 9.17) is 14.2 Å². The van der Waals surface area contributed by atoms with Gasteiger partial charge in [-0.25, -0.2) is 0 Å². The van der Waals surface area contributed by atoms with Crippen LogP contribution in [0.1, 0.15) is 12.8 Å². The fourth-order valence-electron chi connectivity index (χ4n) is 2.56. The van der Waals surface area contributed by atoms with Crippen molar-refractivity contribution < 1.29 is 24.4 Å². The van der Waals surface area contributed by atoms with Crippen molar-refractivity contribution in [1.29, 1.82) is 0 Å². The van der Waals surface area contributed by atoms with Crippen LogP contribution in [0, 0.1) is 0 Å². The van der Waals surface area contributed by atoms with Crippen LogP contribution in [0.3, 0.4) is 0 Å². The molecule has 3 atom stereocenters. The van der Waals surface area contributed by atoms with E-state index in [1.54, 1.807) is 0 Å². The highest BCUT2D eigenvalue weighted by molar-refractivity contribution is 5.15. The Hall–Kier alpha value is -0.200. The molecule has 0 amide bonds. The number of fused-ring (bicyclic) bond motifs is 1. The summed E-state index contributed by atoms with van der Waals surface area (Å²) in [4.78, 5) is 0. The van der Waals surface area contributed by atoms with Crippen LogP contribution in [0.2, 0.25) is 0 Å². The number of rotatable bonds is 0. The molecule has 2 N–H and O–H groups in total. The highest BCUT2D eigenvalue weighted by atomic mass is 16.8. The van der Waals surface area contributed by atoms with Crippen LogP contribution in [0.4, 0.5) is 0 Å². The molecule has 2 spiro atoms. The fraction of sp³-hybridized carbons (Fsp3) is 1.00. The summed E-state index contributed by atoms with van der Waals surface area (Å²) < 4.78 is 16.4. The summed E-state index contributed by atoms with van der Waals surface area (Å²) in [7, 11) is 0. The lowest BCUT2D eigenvalue weighted by Gasteiger charge is -2.42. The molecule has 3 aliphatic rings. The largest absolute Gasteiger partial charge is 0.390 e. The Bertz CT molecular complexity index is 244. The smallest absolute Gasteiger partial charge is 0.202 e. The summed E-state index contributed by atoms with van der Waals surface area (Å²) in [6, 6.07) is 0. The second-order valence-electron chi connectivity index (χ2n) is 4.18. The Balaban J connectivity index is 1.92. The topological polar surface area (TPSA) is 71.5 Å². The Kier molecular flexibility index (Phi) is 1.73. The van der Waals surface area contributed by atoms with Gasteiger partial charge in [-0.1, -0.05) is 0 Å². The predicted molar refractivity (Wildman–Crippen MR) is 44.6 cm³/mol. The van der Waals surface area contributed by atoms with Gasteiger partial charge in [0.2, 0.25) is 5.79 Å². The van der Waals surface area contributed by atoms with Gasteiger partial charge in [-0.3, -0.25) is 0 Å². The van der Waals surface area contributed by atoms with E-state index >= 15 is 0 Å². The molecule has 3 fully saturated rings. The van der Waals surface area contributed by atoms with Crippen LogP contribution in [-0.2, 0) is 14.2 Å². The number of aliphatic hydroxyl groups excluding tert-OH is 2. The number of hydrogen-bond acceptors (Lipinski definition) is 5. The first kappa shape index (κ1) is 9.06.